The van der Waals surface area contributed by atoms with Crippen molar-refractivity contribution in [3.63, 3.8) is 0 Å². The SMILES string of the molecule is O=C(Nc1cc(Cl)ccc1Cl)N1CCN(c2ccc(C(F)(F)F)cn2)CC1. The molecule has 1 aliphatic rings. The van der Waals surface area contributed by atoms with Gasteiger partial charge in [-0.25, -0.2) is 9.78 Å². The Hall–Kier alpha value is -2.19. The molecular weight excluding hydrogens is 404 g/mol. The number of carbonyl (C=O) groups excluding carboxylic acids is 1. The number of urea groups is 1. The number of carbonyl (C=O) groups is 1. The van der Waals surface area contributed by atoms with E-state index in [9.17, 15) is 18.0 Å². The molecule has 1 N–H and O–H groups in total. The highest BCUT2D eigenvalue weighted by Gasteiger charge is 2.31. The smallest absolute Gasteiger partial charge is 0.353 e. The van der Waals surface area contributed by atoms with E-state index >= 15 is 0 Å². The van der Waals surface area contributed by atoms with Gasteiger partial charge in [0.1, 0.15) is 5.82 Å². The van der Waals surface area contributed by atoms with Gasteiger partial charge in [0.05, 0.1) is 16.3 Å². The highest BCUT2D eigenvalue weighted by Crippen LogP contribution is 2.29. The molecule has 144 valence electrons. The Balaban J connectivity index is 1.58. The molecule has 0 atom stereocenters. The Morgan fingerprint density at radius 3 is 2.37 bits per heavy atom. The number of piperazine rings is 1. The molecule has 10 heteroatoms. The van der Waals surface area contributed by atoms with Gasteiger partial charge in [0.15, 0.2) is 0 Å². The first-order valence-electron chi connectivity index (χ1n) is 8.03. The van der Waals surface area contributed by atoms with Crippen LogP contribution < -0.4 is 10.2 Å². The molecule has 1 aromatic heterocycles. The molecule has 0 bridgehead atoms. The minimum absolute atomic E-state index is 0.320. The lowest BCUT2D eigenvalue weighted by atomic mass is 10.2. The molecule has 5 nitrogen and oxygen atoms in total. The average Bonchev–Trinajstić information content (AvgIpc) is 2.64. The summed E-state index contributed by atoms with van der Waals surface area (Å²) in [6.45, 7) is 1.70. The maximum Gasteiger partial charge on any atom is 0.417 e. The number of benzene rings is 1. The number of amides is 2. The maximum atomic E-state index is 12.6. The summed E-state index contributed by atoms with van der Waals surface area (Å²) in [6, 6.07) is 6.79. The molecule has 3 rings (SSSR count). The molecule has 0 spiro atoms. The summed E-state index contributed by atoms with van der Waals surface area (Å²) in [5.74, 6) is 0.445. The summed E-state index contributed by atoms with van der Waals surface area (Å²) >= 11 is 11.9. The molecule has 2 amide bonds. The number of anilines is 2. The lowest BCUT2D eigenvalue weighted by molar-refractivity contribution is -0.137. The van der Waals surface area contributed by atoms with E-state index < -0.39 is 11.7 Å². The Labute approximate surface area is 163 Å². The molecule has 0 saturated carbocycles. The van der Waals surface area contributed by atoms with Crippen LogP contribution in [0.25, 0.3) is 0 Å². The van der Waals surface area contributed by atoms with Crippen LogP contribution in [0.5, 0.6) is 0 Å². The average molecular weight is 419 g/mol. The molecule has 27 heavy (non-hydrogen) atoms. The molecule has 0 aliphatic carbocycles. The Bertz CT molecular complexity index is 822. The topological polar surface area (TPSA) is 48.5 Å². The van der Waals surface area contributed by atoms with Gasteiger partial charge >= 0.3 is 12.2 Å². The van der Waals surface area contributed by atoms with E-state index in [1.54, 1.807) is 23.1 Å². The van der Waals surface area contributed by atoms with Crippen molar-refractivity contribution < 1.29 is 18.0 Å². The summed E-state index contributed by atoms with van der Waals surface area (Å²) in [5.41, 5.74) is -0.372. The van der Waals surface area contributed by atoms with Gasteiger partial charge in [0, 0.05) is 37.4 Å². The Morgan fingerprint density at radius 1 is 1.07 bits per heavy atom. The molecular formula is C17H15Cl2F3N4O. The predicted molar refractivity (Wildman–Crippen MR) is 98.5 cm³/mol. The van der Waals surface area contributed by atoms with Crippen LogP contribution in [0.2, 0.25) is 10.0 Å². The number of halogens is 5. The van der Waals surface area contributed by atoms with Crippen molar-refractivity contribution in [3.05, 3.63) is 52.1 Å². The zero-order valence-electron chi connectivity index (χ0n) is 13.9. The molecule has 0 radical (unpaired) electrons. The van der Waals surface area contributed by atoms with E-state index in [0.717, 1.165) is 12.3 Å². The maximum absolute atomic E-state index is 12.6. The zero-order valence-corrected chi connectivity index (χ0v) is 15.4. The predicted octanol–water partition coefficient (Wildman–Crippen LogP) is 4.76. The first-order valence-corrected chi connectivity index (χ1v) is 8.79. The zero-order chi connectivity index (χ0) is 19.6. The van der Waals surface area contributed by atoms with Crippen LogP contribution in [0.15, 0.2) is 36.5 Å². The summed E-state index contributed by atoms with van der Waals surface area (Å²) in [5, 5.41) is 3.54. The molecule has 0 unspecified atom stereocenters. The fraction of sp³-hybridized carbons (Fsp3) is 0.294. The van der Waals surface area contributed by atoms with Crippen molar-refractivity contribution in [1.82, 2.24) is 9.88 Å². The van der Waals surface area contributed by atoms with Gasteiger partial charge in [-0.05, 0) is 30.3 Å². The second-order valence-corrected chi connectivity index (χ2v) is 6.77. The van der Waals surface area contributed by atoms with Gasteiger partial charge < -0.3 is 15.1 Å². The van der Waals surface area contributed by atoms with E-state index in [1.807, 2.05) is 4.90 Å². The van der Waals surface area contributed by atoms with Crippen molar-refractivity contribution >= 4 is 40.7 Å². The standard InChI is InChI=1S/C17H15Cl2F3N4O/c18-12-2-3-13(19)14(9-12)24-16(27)26-7-5-25(6-8-26)15-4-1-11(10-23-15)17(20,21)22/h1-4,9-10H,5-8H2,(H,24,27). The minimum Gasteiger partial charge on any atom is -0.353 e. The minimum atomic E-state index is -4.41. The third-order valence-electron chi connectivity index (χ3n) is 4.14. The number of nitrogens with zero attached hydrogens (tertiary/aromatic N) is 3. The van der Waals surface area contributed by atoms with Gasteiger partial charge in [-0.3, -0.25) is 0 Å². The second-order valence-electron chi connectivity index (χ2n) is 5.93. The van der Waals surface area contributed by atoms with Gasteiger partial charge in [0.2, 0.25) is 0 Å². The summed E-state index contributed by atoms with van der Waals surface area (Å²) < 4.78 is 37.8. The second kappa shape index (κ2) is 7.82. The molecule has 1 fully saturated rings. The third-order valence-corrected chi connectivity index (χ3v) is 4.70. The van der Waals surface area contributed by atoms with Crippen LogP contribution in [0, 0.1) is 0 Å². The van der Waals surface area contributed by atoms with Gasteiger partial charge in [-0.1, -0.05) is 23.2 Å². The van der Waals surface area contributed by atoms with Gasteiger partial charge in [-0.15, -0.1) is 0 Å². The fourth-order valence-electron chi connectivity index (χ4n) is 2.67. The number of hydrogen-bond donors (Lipinski definition) is 1. The normalized spacial score (nSPS) is 15.0. The lowest BCUT2D eigenvalue weighted by Crippen LogP contribution is -2.50. The van der Waals surface area contributed by atoms with Crippen LogP contribution in [-0.4, -0.2) is 42.1 Å². The van der Waals surface area contributed by atoms with Crippen molar-refractivity contribution in [2.75, 3.05) is 36.4 Å². The highest BCUT2D eigenvalue weighted by molar-refractivity contribution is 6.35. The van der Waals surface area contributed by atoms with Crippen molar-refractivity contribution in [1.29, 1.82) is 0 Å². The van der Waals surface area contributed by atoms with Crippen LogP contribution >= 0.6 is 23.2 Å². The number of pyridine rings is 1. The van der Waals surface area contributed by atoms with Crippen LogP contribution in [0.4, 0.5) is 29.5 Å². The largest absolute Gasteiger partial charge is 0.417 e. The first-order chi connectivity index (χ1) is 12.7. The fourth-order valence-corrected chi connectivity index (χ4v) is 3.00. The van der Waals surface area contributed by atoms with Crippen LogP contribution in [0.1, 0.15) is 5.56 Å². The van der Waals surface area contributed by atoms with E-state index in [1.165, 1.54) is 6.07 Å². The summed E-state index contributed by atoms with van der Waals surface area (Å²) in [6.07, 6.45) is -3.60. The Morgan fingerprint density at radius 2 is 1.78 bits per heavy atom. The lowest BCUT2D eigenvalue weighted by Gasteiger charge is -2.35. The third kappa shape index (κ3) is 4.75. The monoisotopic (exact) mass is 418 g/mol. The van der Waals surface area contributed by atoms with Crippen molar-refractivity contribution in [2.24, 2.45) is 0 Å². The number of hydrogen-bond acceptors (Lipinski definition) is 3. The van der Waals surface area contributed by atoms with E-state index in [-0.39, 0.29) is 6.03 Å². The number of aromatic nitrogens is 1. The van der Waals surface area contributed by atoms with Crippen LogP contribution in [0.3, 0.4) is 0 Å². The quantitative estimate of drug-likeness (QED) is 0.764. The van der Waals surface area contributed by atoms with Crippen LogP contribution in [-0.2, 0) is 6.18 Å². The Kier molecular flexibility index (Phi) is 5.67. The van der Waals surface area contributed by atoms with Gasteiger partial charge in [0.25, 0.3) is 0 Å². The molecule has 1 aliphatic heterocycles. The van der Waals surface area contributed by atoms with E-state index in [2.05, 4.69) is 10.3 Å². The van der Waals surface area contributed by atoms with Gasteiger partial charge in [-0.2, -0.15) is 13.2 Å². The van der Waals surface area contributed by atoms with Crippen molar-refractivity contribution in [2.45, 2.75) is 6.18 Å². The number of nitrogens with one attached hydrogen (secondary N) is 1. The summed E-state index contributed by atoms with van der Waals surface area (Å²) in [7, 11) is 0. The first kappa shape index (κ1) is 19.6. The molecule has 1 saturated heterocycles. The van der Waals surface area contributed by atoms with E-state index in [0.29, 0.717) is 47.7 Å². The number of rotatable bonds is 2. The molecule has 2 heterocycles. The van der Waals surface area contributed by atoms with Crippen molar-refractivity contribution in [3.8, 4) is 0 Å². The highest BCUT2D eigenvalue weighted by atomic mass is 35.5. The molecule has 1 aromatic carbocycles. The summed E-state index contributed by atoms with van der Waals surface area (Å²) in [4.78, 5) is 19.7. The van der Waals surface area contributed by atoms with E-state index in [4.69, 9.17) is 23.2 Å². The molecule has 2 aromatic rings. The number of alkyl halides is 3.